The highest BCUT2D eigenvalue weighted by molar-refractivity contribution is 5.76. The molecule has 6 N–H and O–H groups in total. The van der Waals surface area contributed by atoms with E-state index in [2.05, 4.69) is 0 Å². The van der Waals surface area contributed by atoms with Crippen molar-refractivity contribution in [2.75, 3.05) is 32.8 Å². The Morgan fingerprint density at radius 3 is 2.53 bits per heavy atom. The zero-order valence-corrected chi connectivity index (χ0v) is 16.9. The molecule has 10 heteroatoms. The zero-order chi connectivity index (χ0) is 21.7. The molecule has 1 amide bonds. The third-order valence-corrected chi connectivity index (χ3v) is 5.72. The molecule has 1 aromatic carbocycles. The Bertz CT molecular complexity index is 807. The van der Waals surface area contributed by atoms with Gasteiger partial charge in [-0.3, -0.25) is 10.2 Å². The largest absolute Gasteiger partial charge is 0.506 e. The molecule has 0 bridgehead atoms. The lowest BCUT2D eigenvalue weighted by atomic mass is 9.91. The van der Waals surface area contributed by atoms with Gasteiger partial charge in [0.2, 0.25) is 5.91 Å². The number of carbonyl (C=O) groups is 2. The maximum Gasteiger partial charge on any atom is 0.506 e. The molecule has 1 aromatic rings. The fourth-order valence-corrected chi connectivity index (χ4v) is 3.95. The number of carboxylic acid groups (broad SMARTS) is 1. The van der Waals surface area contributed by atoms with E-state index in [1.54, 1.807) is 9.80 Å². The first-order valence-corrected chi connectivity index (χ1v) is 10.1. The van der Waals surface area contributed by atoms with Gasteiger partial charge in [0.15, 0.2) is 11.6 Å². The standard InChI is InChI=1S/C20H29N5O5/c21-7-3-17(26)24-9-5-20(6-10-24,30-19(27)28)13-29-16-2-1-14-4-8-25(18(22)23)12-15(14)11-16/h1-2,11H,3-10,12-13,21H2,(H3,22,23)(H,27,28). The van der Waals surface area contributed by atoms with E-state index in [-0.39, 0.29) is 31.4 Å². The molecule has 0 radical (unpaired) electrons. The van der Waals surface area contributed by atoms with Gasteiger partial charge >= 0.3 is 6.16 Å². The van der Waals surface area contributed by atoms with Gasteiger partial charge in [-0.05, 0) is 29.7 Å². The van der Waals surface area contributed by atoms with Crippen LogP contribution in [0.4, 0.5) is 4.79 Å². The molecule has 0 saturated carbocycles. The van der Waals surface area contributed by atoms with E-state index < -0.39 is 11.8 Å². The smallest absolute Gasteiger partial charge is 0.489 e. The molecular weight excluding hydrogens is 390 g/mol. The number of nitrogens with two attached hydrogens (primary N) is 2. The molecule has 164 valence electrons. The number of hydrogen-bond acceptors (Lipinski definition) is 6. The van der Waals surface area contributed by atoms with Crippen molar-refractivity contribution in [1.29, 1.82) is 5.41 Å². The average molecular weight is 419 g/mol. The van der Waals surface area contributed by atoms with Gasteiger partial charge in [-0.1, -0.05) is 6.07 Å². The molecule has 0 spiro atoms. The Morgan fingerprint density at radius 2 is 1.90 bits per heavy atom. The van der Waals surface area contributed by atoms with E-state index in [1.165, 1.54) is 5.56 Å². The molecule has 2 aliphatic heterocycles. The minimum atomic E-state index is -1.36. The molecule has 0 aromatic heterocycles. The third kappa shape index (κ3) is 5.12. The van der Waals surface area contributed by atoms with Crippen molar-refractivity contribution < 1.29 is 24.2 Å². The number of ether oxygens (including phenoxy) is 2. The molecule has 10 nitrogen and oxygen atoms in total. The third-order valence-electron chi connectivity index (χ3n) is 5.72. The summed E-state index contributed by atoms with van der Waals surface area (Å²) in [5, 5.41) is 16.8. The quantitative estimate of drug-likeness (QED) is 0.299. The van der Waals surface area contributed by atoms with Crippen molar-refractivity contribution in [1.82, 2.24) is 9.80 Å². The number of nitrogens with one attached hydrogen (secondary N) is 1. The summed E-state index contributed by atoms with van der Waals surface area (Å²) in [6.07, 6.45) is 0.434. The van der Waals surface area contributed by atoms with Crippen LogP contribution in [0.3, 0.4) is 0 Å². The number of piperidine rings is 1. The number of likely N-dealkylation sites (tertiary alicyclic amines) is 1. The minimum absolute atomic E-state index is 0.0351. The van der Waals surface area contributed by atoms with Crippen LogP contribution in [0.1, 0.15) is 30.4 Å². The number of fused-ring (bicyclic) bond motifs is 1. The van der Waals surface area contributed by atoms with Crippen LogP contribution in [-0.2, 0) is 22.5 Å². The first kappa shape index (κ1) is 21.7. The summed E-state index contributed by atoms with van der Waals surface area (Å²) >= 11 is 0. The van der Waals surface area contributed by atoms with Crippen molar-refractivity contribution in [3.8, 4) is 5.75 Å². The fraction of sp³-hybridized carbons (Fsp3) is 0.550. The molecule has 3 rings (SSSR count). The maximum absolute atomic E-state index is 12.1. The van der Waals surface area contributed by atoms with Gasteiger partial charge in [-0.15, -0.1) is 0 Å². The SMILES string of the molecule is N=C(N)N1CCc2ccc(OCC3(OC(=O)O)CCN(C(=O)CCN)CC3)cc2C1. The average Bonchev–Trinajstić information content (AvgIpc) is 2.72. The van der Waals surface area contributed by atoms with Crippen molar-refractivity contribution in [3.05, 3.63) is 29.3 Å². The summed E-state index contributed by atoms with van der Waals surface area (Å²) in [5.74, 6) is 0.609. The second-order valence-corrected chi connectivity index (χ2v) is 7.75. The van der Waals surface area contributed by atoms with E-state index in [9.17, 15) is 14.7 Å². The van der Waals surface area contributed by atoms with Crippen molar-refractivity contribution in [2.24, 2.45) is 11.5 Å². The Morgan fingerprint density at radius 1 is 1.17 bits per heavy atom. The highest BCUT2D eigenvalue weighted by atomic mass is 16.7. The van der Waals surface area contributed by atoms with E-state index in [1.807, 2.05) is 18.2 Å². The van der Waals surface area contributed by atoms with Crippen LogP contribution >= 0.6 is 0 Å². The van der Waals surface area contributed by atoms with Gasteiger partial charge in [0.05, 0.1) is 0 Å². The molecule has 0 unspecified atom stereocenters. The van der Waals surface area contributed by atoms with Gasteiger partial charge in [0.1, 0.15) is 12.4 Å². The first-order chi connectivity index (χ1) is 14.3. The van der Waals surface area contributed by atoms with Gasteiger partial charge in [0, 0.05) is 52.0 Å². The summed E-state index contributed by atoms with van der Waals surface area (Å²) in [6, 6.07) is 5.75. The first-order valence-electron chi connectivity index (χ1n) is 10.1. The highest BCUT2D eigenvalue weighted by Crippen LogP contribution is 2.30. The number of nitrogens with zero attached hydrogens (tertiary/aromatic N) is 2. The predicted molar refractivity (Wildman–Crippen MR) is 109 cm³/mol. The number of carbonyl (C=O) groups excluding carboxylic acids is 1. The predicted octanol–water partition coefficient (Wildman–Crippen LogP) is 0.722. The van der Waals surface area contributed by atoms with Gasteiger partial charge in [-0.2, -0.15) is 0 Å². The molecule has 2 aliphatic rings. The van der Waals surface area contributed by atoms with Crippen LogP contribution in [0.2, 0.25) is 0 Å². The van der Waals surface area contributed by atoms with Crippen molar-refractivity contribution >= 4 is 18.0 Å². The molecule has 0 aliphatic carbocycles. The number of rotatable bonds is 6. The van der Waals surface area contributed by atoms with Crippen LogP contribution in [-0.4, -0.2) is 71.3 Å². The van der Waals surface area contributed by atoms with Crippen LogP contribution in [0.25, 0.3) is 0 Å². The van der Waals surface area contributed by atoms with Crippen LogP contribution in [0, 0.1) is 5.41 Å². The number of hydrogen-bond donors (Lipinski definition) is 4. The maximum atomic E-state index is 12.1. The molecule has 2 heterocycles. The van der Waals surface area contributed by atoms with E-state index in [0.29, 0.717) is 44.8 Å². The number of amides is 1. The molecule has 1 saturated heterocycles. The van der Waals surface area contributed by atoms with Crippen molar-refractivity contribution in [2.45, 2.75) is 37.8 Å². The van der Waals surface area contributed by atoms with Gasteiger partial charge in [0.25, 0.3) is 0 Å². The lowest BCUT2D eigenvalue weighted by molar-refractivity contribution is -0.137. The van der Waals surface area contributed by atoms with E-state index in [4.69, 9.17) is 26.4 Å². The summed E-state index contributed by atoms with van der Waals surface area (Å²) in [6.45, 7) is 2.39. The Kier molecular flexibility index (Phi) is 6.66. The zero-order valence-electron chi connectivity index (χ0n) is 16.9. The fourth-order valence-electron chi connectivity index (χ4n) is 3.95. The summed E-state index contributed by atoms with van der Waals surface area (Å²) < 4.78 is 11.2. The normalized spacial score (nSPS) is 17.8. The Labute approximate surface area is 175 Å². The topological polar surface area (TPSA) is 155 Å². The summed E-state index contributed by atoms with van der Waals surface area (Å²) in [4.78, 5) is 26.8. The van der Waals surface area contributed by atoms with E-state index in [0.717, 1.165) is 12.0 Å². The van der Waals surface area contributed by atoms with E-state index >= 15 is 0 Å². The van der Waals surface area contributed by atoms with Crippen molar-refractivity contribution in [3.63, 3.8) is 0 Å². The van der Waals surface area contributed by atoms with Gasteiger partial charge in [-0.25, -0.2) is 4.79 Å². The lowest BCUT2D eigenvalue weighted by Crippen LogP contribution is -2.52. The highest BCUT2D eigenvalue weighted by Gasteiger charge is 2.40. The Balaban J connectivity index is 1.66. The molecule has 0 atom stereocenters. The second-order valence-electron chi connectivity index (χ2n) is 7.75. The molecule has 1 fully saturated rings. The monoisotopic (exact) mass is 419 g/mol. The van der Waals surface area contributed by atoms with Gasteiger partial charge < -0.3 is 35.8 Å². The second kappa shape index (κ2) is 9.21. The molecular formula is C20H29N5O5. The number of benzene rings is 1. The van der Waals surface area contributed by atoms with Crippen LogP contribution in [0.5, 0.6) is 5.75 Å². The number of guanidine groups is 1. The summed E-state index contributed by atoms with van der Waals surface area (Å²) in [7, 11) is 0. The Hall–Kier alpha value is -3.01. The minimum Gasteiger partial charge on any atom is -0.489 e. The molecule has 30 heavy (non-hydrogen) atoms. The summed E-state index contributed by atoms with van der Waals surface area (Å²) in [5.41, 5.74) is 12.3. The van der Waals surface area contributed by atoms with Crippen LogP contribution < -0.4 is 16.2 Å². The lowest BCUT2D eigenvalue weighted by Gasteiger charge is -2.40. The van der Waals surface area contributed by atoms with Crippen LogP contribution in [0.15, 0.2) is 18.2 Å².